The fourth-order valence-electron chi connectivity index (χ4n) is 3.32. The largest absolute Gasteiger partial charge is 0.394 e. The van der Waals surface area contributed by atoms with Gasteiger partial charge >= 0.3 is 0 Å². The third-order valence-electron chi connectivity index (χ3n) is 4.92. The predicted octanol–water partition coefficient (Wildman–Crippen LogP) is -0.511. The average molecular weight is 372 g/mol. The Kier molecular flexibility index (Phi) is 5.01. The smallest absolute Gasteiger partial charge is 0.228 e. The Morgan fingerprint density at radius 3 is 2.70 bits per heavy atom. The Labute approximate surface area is 157 Å². The van der Waals surface area contributed by atoms with Crippen molar-refractivity contribution in [2.75, 3.05) is 62.0 Å². The van der Waals surface area contributed by atoms with Crippen molar-refractivity contribution in [3.8, 4) is 11.3 Å². The Morgan fingerprint density at radius 1 is 1.26 bits per heavy atom. The third kappa shape index (κ3) is 3.92. The van der Waals surface area contributed by atoms with Gasteiger partial charge in [0.15, 0.2) is 0 Å². The number of nitrogens with two attached hydrogens (primary N) is 1. The van der Waals surface area contributed by atoms with Crippen molar-refractivity contribution in [3.05, 3.63) is 18.5 Å². The molecular weight excluding hydrogens is 348 g/mol. The molecule has 0 saturated carbocycles. The summed E-state index contributed by atoms with van der Waals surface area (Å²) in [6, 6.07) is 1.86. The highest BCUT2D eigenvalue weighted by atomic mass is 16.5. The summed E-state index contributed by atoms with van der Waals surface area (Å²) in [5, 5.41) is 16.6. The quantitative estimate of drug-likeness (QED) is 0.543. The standard InChI is InChI=1S/C17H24N8O2/c18-15-20-8-12(9-21-15)13-7-14(24-17(11-26)1-2-19-10-17)23-16(22-13)25-3-5-27-6-4-25/h7-9,19,26H,1-6,10-11H2,(H2,18,20,21)(H,22,23,24)/t17-/m1/s1. The van der Waals surface area contributed by atoms with Crippen LogP contribution in [0.4, 0.5) is 17.7 Å². The number of nitrogen functional groups attached to an aromatic ring is 1. The number of anilines is 3. The Morgan fingerprint density at radius 2 is 2.04 bits per heavy atom. The van der Waals surface area contributed by atoms with Crippen LogP contribution in [0.5, 0.6) is 0 Å². The molecule has 1 atom stereocenters. The minimum atomic E-state index is -0.425. The Balaban J connectivity index is 1.70. The van der Waals surface area contributed by atoms with Crippen LogP contribution in [0.25, 0.3) is 11.3 Å². The lowest BCUT2D eigenvalue weighted by atomic mass is 10.00. The molecule has 2 aromatic heterocycles. The molecule has 2 aliphatic rings. The Bertz CT molecular complexity index is 773. The lowest BCUT2D eigenvalue weighted by Crippen LogP contribution is -2.44. The van der Waals surface area contributed by atoms with E-state index in [9.17, 15) is 5.11 Å². The maximum absolute atomic E-state index is 9.91. The molecule has 0 radical (unpaired) electrons. The van der Waals surface area contributed by atoms with Gasteiger partial charge in [0.2, 0.25) is 11.9 Å². The van der Waals surface area contributed by atoms with Gasteiger partial charge in [-0.15, -0.1) is 0 Å². The number of aliphatic hydroxyl groups is 1. The van der Waals surface area contributed by atoms with Crippen LogP contribution in [-0.4, -0.2) is 76.6 Å². The molecule has 0 bridgehead atoms. The van der Waals surface area contributed by atoms with Crippen molar-refractivity contribution in [1.82, 2.24) is 25.3 Å². The molecule has 4 heterocycles. The van der Waals surface area contributed by atoms with Crippen LogP contribution in [0, 0.1) is 0 Å². The van der Waals surface area contributed by atoms with Gasteiger partial charge in [0.1, 0.15) is 5.82 Å². The third-order valence-corrected chi connectivity index (χ3v) is 4.92. The van der Waals surface area contributed by atoms with E-state index in [0.29, 0.717) is 37.2 Å². The molecule has 5 N–H and O–H groups in total. The van der Waals surface area contributed by atoms with Crippen molar-refractivity contribution in [1.29, 1.82) is 0 Å². The molecule has 2 saturated heterocycles. The van der Waals surface area contributed by atoms with Gasteiger partial charge in [0.25, 0.3) is 0 Å². The topological polar surface area (TPSA) is 134 Å². The summed E-state index contributed by atoms with van der Waals surface area (Å²) < 4.78 is 5.43. The molecule has 0 amide bonds. The maximum atomic E-state index is 9.91. The van der Waals surface area contributed by atoms with Gasteiger partial charge in [-0.05, 0) is 13.0 Å². The summed E-state index contributed by atoms with van der Waals surface area (Å²) in [5.74, 6) is 1.50. The van der Waals surface area contributed by atoms with Crippen LogP contribution in [0.15, 0.2) is 18.5 Å². The molecule has 0 unspecified atom stereocenters. The number of hydrogen-bond acceptors (Lipinski definition) is 10. The zero-order valence-corrected chi connectivity index (χ0v) is 15.1. The number of aliphatic hydroxyl groups excluding tert-OH is 1. The highest BCUT2D eigenvalue weighted by molar-refractivity contribution is 5.64. The van der Waals surface area contributed by atoms with Gasteiger partial charge in [-0.2, -0.15) is 4.98 Å². The molecule has 10 nitrogen and oxygen atoms in total. The number of nitrogens with one attached hydrogen (secondary N) is 2. The minimum Gasteiger partial charge on any atom is -0.394 e. The van der Waals surface area contributed by atoms with Crippen LogP contribution < -0.4 is 21.3 Å². The van der Waals surface area contributed by atoms with E-state index in [2.05, 4.69) is 25.5 Å². The lowest BCUT2D eigenvalue weighted by molar-refractivity contribution is 0.122. The summed E-state index contributed by atoms with van der Waals surface area (Å²) in [4.78, 5) is 19.6. The van der Waals surface area contributed by atoms with E-state index >= 15 is 0 Å². The molecule has 2 aromatic rings. The number of morpholine rings is 1. The molecule has 144 valence electrons. The van der Waals surface area contributed by atoms with Crippen molar-refractivity contribution in [2.24, 2.45) is 0 Å². The molecule has 2 aliphatic heterocycles. The normalized spacial score (nSPS) is 22.8. The molecule has 0 aromatic carbocycles. The van der Waals surface area contributed by atoms with Crippen molar-refractivity contribution < 1.29 is 9.84 Å². The summed E-state index contributed by atoms with van der Waals surface area (Å²) in [5.41, 5.74) is 6.63. The molecule has 4 rings (SSSR count). The fraction of sp³-hybridized carbons (Fsp3) is 0.529. The van der Waals surface area contributed by atoms with E-state index in [1.165, 1.54) is 0 Å². The second-order valence-corrected chi connectivity index (χ2v) is 6.86. The first kappa shape index (κ1) is 17.8. The first-order chi connectivity index (χ1) is 13.2. The van der Waals surface area contributed by atoms with Gasteiger partial charge in [0.05, 0.1) is 31.1 Å². The van der Waals surface area contributed by atoms with Crippen LogP contribution in [0.1, 0.15) is 6.42 Å². The summed E-state index contributed by atoms with van der Waals surface area (Å²) >= 11 is 0. The number of aromatic nitrogens is 4. The lowest BCUT2D eigenvalue weighted by Gasteiger charge is -2.30. The summed E-state index contributed by atoms with van der Waals surface area (Å²) in [6.07, 6.45) is 4.12. The minimum absolute atomic E-state index is 0.0250. The first-order valence-corrected chi connectivity index (χ1v) is 9.07. The molecule has 27 heavy (non-hydrogen) atoms. The summed E-state index contributed by atoms with van der Waals surface area (Å²) in [7, 11) is 0. The Hall–Kier alpha value is -2.56. The van der Waals surface area contributed by atoms with Gasteiger partial charge in [-0.25, -0.2) is 15.0 Å². The second kappa shape index (κ2) is 7.59. The number of ether oxygens (including phenoxy) is 1. The average Bonchev–Trinajstić information content (AvgIpc) is 3.18. The molecule has 0 aliphatic carbocycles. The number of hydrogen-bond donors (Lipinski definition) is 4. The van der Waals surface area contributed by atoms with E-state index < -0.39 is 5.54 Å². The zero-order chi connectivity index (χ0) is 18.7. The molecule has 10 heteroatoms. The maximum Gasteiger partial charge on any atom is 0.228 e. The van der Waals surface area contributed by atoms with E-state index in [1.807, 2.05) is 6.07 Å². The molecular formula is C17H24N8O2. The van der Waals surface area contributed by atoms with Crippen LogP contribution in [0.2, 0.25) is 0 Å². The van der Waals surface area contributed by atoms with E-state index in [0.717, 1.165) is 31.6 Å². The van der Waals surface area contributed by atoms with Gasteiger partial charge < -0.3 is 31.1 Å². The number of nitrogens with zero attached hydrogens (tertiary/aromatic N) is 5. The highest BCUT2D eigenvalue weighted by Crippen LogP contribution is 2.26. The van der Waals surface area contributed by atoms with Crippen LogP contribution in [0.3, 0.4) is 0 Å². The SMILES string of the molecule is Nc1ncc(-c2cc(N[C@]3(CO)CCNC3)nc(N3CCOCC3)n2)cn1. The van der Waals surface area contributed by atoms with Crippen LogP contribution in [-0.2, 0) is 4.74 Å². The summed E-state index contributed by atoms with van der Waals surface area (Å²) in [6.45, 7) is 4.31. The fourth-order valence-corrected chi connectivity index (χ4v) is 3.32. The van der Waals surface area contributed by atoms with Gasteiger partial charge in [0, 0.05) is 43.7 Å². The first-order valence-electron chi connectivity index (χ1n) is 9.07. The van der Waals surface area contributed by atoms with Crippen molar-refractivity contribution in [2.45, 2.75) is 12.0 Å². The zero-order valence-electron chi connectivity index (χ0n) is 15.1. The van der Waals surface area contributed by atoms with Gasteiger partial charge in [-0.1, -0.05) is 0 Å². The molecule has 2 fully saturated rings. The van der Waals surface area contributed by atoms with Crippen LogP contribution >= 0.6 is 0 Å². The molecule has 0 spiro atoms. The van der Waals surface area contributed by atoms with E-state index in [-0.39, 0.29) is 12.6 Å². The van der Waals surface area contributed by atoms with E-state index in [4.69, 9.17) is 20.4 Å². The van der Waals surface area contributed by atoms with Crippen molar-refractivity contribution in [3.63, 3.8) is 0 Å². The van der Waals surface area contributed by atoms with E-state index in [1.54, 1.807) is 12.4 Å². The van der Waals surface area contributed by atoms with Gasteiger partial charge in [-0.3, -0.25) is 0 Å². The second-order valence-electron chi connectivity index (χ2n) is 6.86. The number of rotatable bonds is 5. The highest BCUT2D eigenvalue weighted by Gasteiger charge is 2.33. The van der Waals surface area contributed by atoms with Crippen molar-refractivity contribution >= 4 is 17.7 Å². The monoisotopic (exact) mass is 372 g/mol. The predicted molar refractivity (Wildman–Crippen MR) is 101 cm³/mol.